The van der Waals surface area contributed by atoms with E-state index in [0.717, 1.165) is 11.3 Å². The molecule has 158 valence electrons. The minimum absolute atomic E-state index is 0.0923. The van der Waals surface area contributed by atoms with Gasteiger partial charge in [0.25, 0.3) is 11.8 Å². The van der Waals surface area contributed by atoms with Crippen LogP contribution in [0.2, 0.25) is 0 Å². The van der Waals surface area contributed by atoms with E-state index in [-0.39, 0.29) is 18.4 Å². The van der Waals surface area contributed by atoms with Crippen molar-refractivity contribution < 1.29 is 18.7 Å². The molecule has 0 aliphatic carbocycles. The molecule has 1 aliphatic rings. The Bertz CT molecular complexity index is 971. The standard InChI is InChI=1S/C20H22N4O4S2/c1-27-10-9-23(13-17-21-22-18(28-17)15-6-3-11-29-15)19(25)14-5-2-8-24(14)20(26)16-7-4-12-30-16/h3-4,6-7,11-12,14H,2,5,8-10,13H2,1H3. The van der Waals surface area contributed by atoms with Crippen LogP contribution < -0.4 is 0 Å². The Balaban J connectivity index is 1.49. The lowest BCUT2D eigenvalue weighted by Gasteiger charge is -2.29. The van der Waals surface area contributed by atoms with Gasteiger partial charge in [-0.25, -0.2) is 0 Å². The largest absolute Gasteiger partial charge is 0.418 e. The summed E-state index contributed by atoms with van der Waals surface area (Å²) in [6.45, 7) is 1.51. The number of methoxy groups -OCH3 is 1. The average Bonchev–Trinajstić information content (AvgIpc) is 3.57. The van der Waals surface area contributed by atoms with Crippen molar-refractivity contribution in [1.29, 1.82) is 0 Å². The second-order valence-electron chi connectivity index (χ2n) is 6.86. The summed E-state index contributed by atoms with van der Waals surface area (Å²) in [6.07, 6.45) is 1.44. The van der Waals surface area contributed by atoms with Crippen molar-refractivity contribution in [2.24, 2.45) is 0 Å². The zero-order valence-electron chi connectivity index (χ0n) is 16.5. The summed E-state index contributed by atoms with van der Waals surface area (Å²) in [5.41, 5.74) is 0. The van der Waals surface area contributed by atoms with Crippen LogP contribution in [0, 0.1) is 0 Å². The molecule has 0 bridgehead atoms. The molecule has 4 heterocycles. The Kier molecular flexibility index (Phi) is 6.56. The van der Waals surface area contributed by atoms with Crippen LogP contribution in [-0.4, -0.2) is 64.7 Å². The lowest BCUT2D eigenvalue weighted by Crippen LogP contribution is -2.48. The van der Waals surface area contributed by atoms with Gasteiger partial charge in [0.1, 0.15) is 6.04 Å². The highest BCUT2D eigenvalue weighted by Crippen LogP contribution is 2.26. The van der Waals surface area contributed by atoms with Crippen molar-refractivity contribution in [1.82, 2.24) is 20.0 Å². The number of carbonyl (C=O) groups is 2. The lowest BCUT2D eigenvalue weighted by molar-refractivity contribution is -0.136. The van der Waals surface area contributed by atoms with Crippen LogP contribution in [0.1, 0.15) is 28.4 Å². The molecule has 3 aromatic heterocycles. The zero-order chi connectivity index (χ0) is 20.9. The van der Waals surface area contributed by atoms with E-state index in [2.05, 4.69) is 10.2 Å². The first-order valence-electron chi connectivity index (χ1n) is 9.66. The molecule has 10 heteroatoms. The smallest absolute Gasteiger partial charge is 0.264 e. The van der Waals surface area contributed by atoms with E-state index in [1.807, 2.05) is 29.0 Å². The van der Waals surface area contributed by atoms with Crippen molar-refractivity contribution in [3.63, 3.8) is 0 Å². The number of thiophene rings is 2. The van der Waals surface area contributed by atoms with E-state index >= 15 is 0 Å². The Morgan fingerprint density at radius 3 is 2.83 bits per heavy atom. The van der Waals surface area contributed by atoms with Gasteiger partial charge < -0.3 is 19.0 Å². The highest BCUT2D eigenvalue weighted by molar-refractivity contribution is 7.13. The van der Waals surface area contributed by atoms with E-state index in [1.54, 1.807) is 23.0 Å². The number of ether oxygens (including phenoxy) is 1. The zero-order valence-corrected chi connectivity index (χ0v) is 18.2. The maximum Gasteiger partial charge on any atom is 0.264 e. The normalized spacial score (nSPS) is 16.2. The maximum absolute atomic E-state index is 13.4. The molecule has 1 atom stereocenters. The second kappa shape index (κ2) is 9.50. The molecule has 1 saturated heterocycles. The van der Waals surface area contributed by atoms with Gasteiger partial charge in [-0.3, -0.25) is 9.59 Å². The molecule has 1 aliphatic heterocycles. The molecule has 0 radical (unpaired) electrons. The van der Waals surface area contributed by atoms with Gasteiger partial charge in [-0.15, -0.1) is 32.9 Å². The van der Waals surface area contributed by atoms with Crippen molar-refractivity contribution >= 4 is 34.5 Å². The van der Waals surface area contributed by atoms with Crippen molar-refractivity contribution in [3.8, 4) is 10.8 Å². The molecule has 8 nitrogen and oxygen atoms in total. The van der Waals surface area contributed by atoms with Crippen LogP contribution in [0.25, 0.3) is 10.8 Å². The second-order valence-corrected chi connectivity index (χ2v) is 8.76. The lowest BCUT2D eigenvalue weighted by atomic mass is 10.2. The predicted octanol–water partition coefficient (Wildman–Crippen LogP) is 3.14. The third-order valence-corrected chi connectivity index (χ3v) is 6.65. The Labute approximate surface area is 182 Å². The third-order valence-electron chi connectivity index (χ3n) is 4.93. The summed E-state index contributed by atoms with van der Waals surface area (Å²) in [7, 11) is 1.59. The molecule has 0 saturated carbocycles. The number of hydrogen-bond donors (Lipinski definition) is 0. The summed E-state index contributed by atoms with van der Waals surface area (Å²) >= 11 is 2.90. The van der Waals surface area contributed by atoms with Gasteiger partial charge in [0.2, 0.25) is 11.8 Å². The Hall–Kier alpha value is -2.56. The molecule has 3 aromatic rings. The van der Waals surface area contributed by atoms with E-state index in [1.165, 1.54) is 22.7 Å². The van der Waals surface area contributed by atoms with Crippen LogP contribution in [0.3, 0.4) is 0 Å². The van der Waals surface area contributed by atoms with Gasteiger partial charge in [0.05, 0.1) is 22.9 Å². The Morgan fingerprint density at radius 1 is 1.27 bits per heavy atom. The van der Waals surface area contributed by atoms with Gasteiger partial charge in [-0.05, 0) is 35.7 Å². The number of amides is 2. The number of nitrogens with zero attached hydrogens (tertiary/aromatic N) is 4. The average molecular weight is 447 g/mol. The molecule has 0 N–H and O–H groups in total. The minimum Gasteiger partial charge on any atom is -0.418 e. The Morgan fingerprint density at radius 2 is 2.10 bits per heavy atom. The van der Waals surface area contributed by atoms with Gasteiger partial charge in [-0.2, -0.15) is 0 Å². The number of hydrogen-bond acceptors (Lipinski definition) is 8. The number of rotatable bonds is 8. The minimum atomic E-state index is -0.490. The molecule has 2 amide bonds. The number of aromatic nitrogens is 2. The number of likely N-dealkylation sites (tertiary alicyclic amines) is 1. The molecule has 30 heavy (non-hydrogen) atoms. The van der Waals surface area contributed by atoms with Gasteiger partial charge in [0, 0.05) is 20.2 Å². The van der Waals surface area contributed by atoms with Crippen LogP contribution >= 0.6 is 22.7 Å². The topological polar surface area (TPSA) is 88.8 Å². The van der Waals surface area contributed by atoms with E-state index in [0.29, 0.717) is 42.8 Å². The SMILES string of the molecule is COCCN(Cc1nnc(-c2cccs2)o1)C(=O)C1CCCN1C(=O)c1cccs1. The molecule has 0 aromatic carbocycles. The fourth-order valence-electron chi connectivity index (χ4n) is 3.47. The maximum atomic E-state index is 13.4. The van der Waals surface area contributed by atoms with E-state index in [9.17, 15) is 9.59 Å². The summed E-state index contributed by atoms with van der Waals surface area (Å²) in [5, 5.41) is 12.0. The van der Waals surface area contributed by atoms with Crippen LogP contribution in [-0.2, 0) is 16.1 Å². The van der Waals surface area contributed by atoms with Gasteiger partial charge in [0.15, 0.2) is 0 Å². The summed E-state index contributed by atoms with van der Waals surface area (Å²) in [6, 6.07) is 6.97. The van der Waals surface area contributed by atoms with Gasteiger partial charge >= 0.3 is 0 Å². The first-order chi connectivity index (χ1) is 14.7. The highest BCUT2D eigenvalue weighted by atomic mass is 32.1. The monoisotopic (exact) mass is 446 g/mol. The summed E-state index contributed by atoms with van der Waals surface area (Å²) in [4.78, 5) is 31.1. The first kappa shape index (κ1) is 20.7. The molecule has 1 unspecified atom stereocenters. The van der Waals surface area contributed by atoms with Crippen LogP contribution in [0.5, 0.6) is 0 Å². The van der Waals surface area contributed by atoms with Crippen LogP contribution in [0.15, 0.2) is 39.4 Å². The molecule has 4 rings (SSSR count). The highest BCUT2D eigenvalue weighted by Gasteiger charge is 2.37. The van der Waals surface area contributed by atoms with Crippen molar-refractivity contribution in [3.05, 3.63) is 45.8 Å². The predicted molar refractivity (Wildman–Crippen MR) is 113 cm³/mol. The molecular weight excluding hydrogens is 424 g/mol. The first-order valence-corrected chi connectivity index (χ1v) is 11.4. The van der Waals surface area contributed by atoms with Gasteiger partial charge in [-0.1, -0.05) is 12.1 Å². The fraction of sp³-hybridized carbons (Fsp3) is 0.400. The van der Waals surface area contributed by atoms with Crippen molar-refractivity contribution in [2.75, 3.05) is 26.8 Å². The quantitative estimate of drug-likeness (QED) is 0.528. The summed E-state index contributed by atoms with van der Waals surface area (Å²) < 4.78 is 10.9. The number of carbonyl (C=O) groups excluding carboxylic acids is 2. The van der Waals surface area contributed by atoms with Crippen LogP contribution in [0.4, 0.5) is 0 Å². The summed E-state index contributed by atoms with van der Waals surface area (Å²) in [5.74, 6) is 0.585. The van der Waals surface area contributed by atoms with Crippen molar-refractivity contribution in [2.45, 2.75) is 25.4 Å². The van der Waals surface area contributed by atoms with E-state index < -0.39 is 6.04 Å². The third kappa shape index (κ3) is 4.45. The molecular formula is C20H22N4O4S2. The molecule has 0 spiro atoms. The fourth-order valence-corrected chi connectivity index (χ4v) is 4.79. The molecule has 1 fully saturated rings. The van der Waals surface area contributed by atoms with E-state index in [4.69, 9.17) is 9.15 Å².